The molecule has 7 heteroatoms. The summed E-state index contributed by atoms with van der Waals surface area (Å²) < 4.78 is 10.7. The van der Waals surface area contributed by atoms with Crippen LogP contribution in [0.1, 0.15) is 24.1 Å². The van der Waals surface area contributed by atoms with Crippen LogP contribution >= 0.6 is 0 Å². The summed E-state index contributed by atoms with van der Waals surface area (Å²) in [6, 6.07) is 11.9. The molecule has 0 saturated carbocycles. The monoisotopic (exact) mass is 394 g/mol. The highest BCUT2D eigenvalue weighted by molar-refractivity contribution is 5.79. The third-order valence-electron chi connectivity index (χ3n) is 5.29. The van der Waals surface area contributed by atoms with Crippen LogP contribution in [-0.4, -0.2) is 40.6 Å². The number of ether oxygens (including phenoxy) is 1. The van der Waals surface area contributed by atoms with Crippen molar-refractivity contribution in [3.63, 3.8) is 0 Å². The summed E-state index contributed by atoms with van der Waals surface area (Å²) in [6.07, 6.45) is 2.59. The zero-order valence-corrected chi connectivity index (χ0v) is 16.1. The van der Waals surface area contributed by atoms with Gasteiger partial charge in [-0.25, -0.2) is 4.79 Å². The first-order valence-electron chi connectivity index (χ1n) is 9.53. The second kappa shape index (κ2) is 7.67. The number of hydrogen-bond donors (Lipinski definition) is 1. The number of aromatic nitrogens is 1. The highest BCUT2D eigenvalue weighted by Crippen LogP contribution is 2.31. The summed E-state index contributed by atoms with van der Waals surface area (Å²) in [5.74, 6) is 0.302. The lowest BCUT2D eigenvalue weighted by Crippen LogP contribution is -2.46. The number of fused-ring (bicyclic) bond motifs is 1. The van der Waals surface area contributed by atoms with E-state index in [9.17, 15) is 14.7 Å². The van der Waals surface area contributed by atoms with Crippen molar-refractivity contribution in [2.75, 3.05) is 19.7 Å². The number of carbonyl (C=O) groups excluding carboxylic acids is 1. The minimum Gasteiger partial charge on any atom is -0.484 e. The number of carbonyl (C=O) groups is 1. The molecular weight excluding hydrogens is 372 g/mol. The Balaban J connectivity index is 1.35. The Morgan fingerprint density at radius 2 is 1.97 bits per heavy atom. The van der Waals surface area contributed by atoms with E-state index in [1.54, 1.807) is 35.4 Å². The van der Waals surface area contributed by atoms with Crippen LogP contribution in [0.5, 0.6) is 5.75 Å². The molecular formula is C22H22N2O5. The molecule has 1 fully saturated rings. The smallest absolute Gasteiger partial charge is 0.336 e. The molecule has 7 nitrogen and oxygen atoms in total. The molecule has 150 valence electrons. The van der Waals surface area contributed by atoms with Crippen LogP contribution in [0.2, 0.25) is 0 Å². The van der Waals surface area contributed by atoms with Gasteiger partial charge in [-0.05, 0) is 49.6 Å². The fourth-order valence-electron chi connectivity index (χ4n) is 3.49. The van der Waals surface area contributed by atoms with Crippen LogP contribution in [-0.2, 0) is 10.4 Å². The van der Waals surface area contributed by atoms with Crippen LogP contribution in [0.25, 0.3) is 11.0 Å². The first kappa shape index (κ1) is 19.1. The van der Waals surface area contributed by atoms with Gasteiger partial charge in [-0.15, -0.1) is 0 Å². The topological polar surface area (TPSA) is 92.9 Å². The van der Waals surface area contributed by atoms with E-state index in [1.807, 2.05) is 19.1 Å². The Morgan fingerprint density at radius 1 is 1.21 bits per heavy atom. The minimum absolute atomic E-state index is 0.121. The average molecular weight is 394 g/mol. The standard InChI is InChI=1S/C22H22N2O5/c1-15-2-6-19(23-13-15)22(27)8-10-24(11-9-22)20(25)14-28-17-5-3-16-4-7-21(26)29-18(16)12-17/h2-7,12-13,27H,8-11,14H2,1H3. The Bertz CT molecular complexity index is 1080. The molecule has 0 aliphatic carbocycles. The Labute approximate surface area is 167 Å². The SMILES string of the molecule is Cc1ccc(C2(O)CCN(C(=O)COc3ccc4ccc(=O)oc4c3)CC2)nc1. The molecule has 29 heavy (non-hydrogen) atoms. The molecule has 1 amide bonds. The van der Waals surface area contributed by atoms with E-state index in [4.69, 9.17) is 9.15 Å². The van der Waals surface area contributed by atoms with Gasteiger partial charge in [0.25, 0.3) is 5.91 Å². The lowest BCUT2D eigenvalue weighted by molar-refractivity contribution is -0.138. The lowest BCUT2D eigenvalue weighted by atomic mass is 9.87. The number of rotatable bonds is 4. The molecule has 0 bridgehead atoms. The van der Waals surface area contributed by atoms with Crippen molar-refractivity contribution >= 4 is 16.9 Å². The number of benzene rings is 1. The van der Waals surface area contributed by atoms with Crippen LogP contribution in [0, 0.1) is 6.92 Å². The van der Waals surface area contributed by atoms with Crippen molar-refractivity contribution < 1.29 is 19.1 Å². The lowest BCUT2D eigenvalue weighted by Gasteiger charge is -2.37. The summed E-state index contributed by atoms with van der Waals surface area (Å²) in [7, 11) is 0. The molecule has 4 rings (SSSR count). The van der Waals surface area contributed by atoms with Gasteiger partial charge in [0.05, 0.1) is 5.69 Å². The molecule has 1 saturated heterocycles. The molecule has 0 unspecified atom stereocenters. The van der Waals surface area contributed by atoms with Gasteiger partial charge in [0.15, 0.2) is 6.61 Å². The van der Waals surface area contributed by atoms with Gasteiger partial charge in [0, 0.05) is 36.8 Å². The Morgan fingerprint density at radius 3 is 2.69 bits per heavy atom. The van der Waals surface area contributed by atoms with E-state index in [-0.39, 0.29) is 12.5 Å². The molecule has 1 N–H and O–H groups in total. The highest BCUT2D eigenvalue weighted by Gasteiger charge is 2.36. The molecule has 0 radical (unpaired) electrons. The van der Waals surface area contributed by atoms with Gasteiger partial charge in [-0.2, -0.15) is 0 Å². The molecule has 1 aromatic carbocycles. The summed E-state index contributed by atoms with van der Waals surface area (Å²) in [5, 5.41) is 11.7. The number of pyridine rings is 1. The van der Waals surface area contributed by atoms with Gasteiger partial charge in [0.2, 0.25) is 0 Å². The maximum Gasteiger partial charge on any atom is 0.336 e. The van der Waals surface area contributed by atoms with E-state index in [2.05, 4.69) is 4.98 Å². The largest absolute Gasteiger partial charge is 0.484 e. The number of aliphatic hydroxyl groups is 1. The summed E-state index contributed by atoms with van der Waals surface area (Å²) in [6.45, 7) is 2.69. The fraction of sp³-hybridized carbons (Fsp3) is 0.318. The van der Waals surface area contributed by atoms with E-state index in [1.165, 1.54) is 6.07 Å². The van der Waals surface area contributed by atoms with E-state index >= 15 is 0 Å². The zero-order chi connectivity index (χ0) is 20.4. The molecule has 0 atom stereocenters. The van der Waals surface area contributed by atoms with Crippen molar-refractivity contribution in [1.82, 2.24) is 9.88 Å². The number of likely N-dealkylation sites (tertiary alicyclic amines) is 1. The van der Waals surface area contributed by atoms with Gasteiger partial charge < -0.3 is 19.2 Å². The Kier molecular flexibility index (Phi) is 5.07. The quantitative estimate of drug-likeness (QED) is 0.683. The highest BCUT2D eigenvalue weighted by atomic mass is 16.5. The predicted octanol–water partition coefficient (Wildman–Crippen LogP) is 2.39. The molecule has 0 spiro atoms. The summed E-state index contributed by atoms with van der Waals surface area (Å²) in [5.41, 5.74) is 0.645. The van der Waals surface area contributed by atoms with Crippen molar-refractivity contribution in [2.45, 2.75) is 25.4 Å². The molecule has 3 aromatic rings. The number of nitrogens with zero attached hydrogens (tertiary/aromatic N) is 2. The number of amides is 1. The molecule has 3 heterocycles. The normalized spacial score (nSPS) is 16.0. The second-order valence-corrected chi connectivity index (χ2v) is 7.38. The summed E-state index contributed by atoms with van der Waals surface area (Å²) in [4.78, 5) is 29.9. The van der Waals surface area contributed by atoms with Crippen molar-refractivity contribution in [2.24, 2.45) is 0 Å². The zero-order valence-electron chi connectivity index (χ0n) is 16.1. The second-order valence-electron chi connectivity index (χ2n) is 7.38. The first-order chi connectivity index (χ1) is 13.9. The first-order valence-corrected chi connectivity index (χ1v) is 9.53. The average Bonchev–Trinajstić information content (AvgIpc) is 2.72. The maximum absolute atomic E-state index is 12.5. The Hall–Kier alpha value is -3.19. The number of aryl methyl sites for hydroxylation is 1. The number of piperidine rings is 1. The van der Waals surface area contributed by atoms with Gasteiger partial charge in [0.1, 0.15) is 16.9 Å². The number of hydrogen-bond acceptors (Lipinski definition) is 6. The van der Waals surface area contributed by atoms with Gasteiger partial charge in [-0.1, -0.05) is 6.07 Å². The maximum atomic E-state index is 12.5. The van der Waals surface area contributed by atoms with Crippen LogP contribution < -0.4 is 10.4 Å². The van der Waals surface area contributed by atoms with Gasteiger partial charge >= 0.3 is 5.63 Å². The molecule has 2 aromatic heterocycles. The van der Waals surface area contributed by atoms with E-state index in [0.29, 0.717) is 43.0 Å². The van der Waals surface area contributed by atoms with E-state index < -0.39 is 11.2 Å². The van der Waals surface area contributed by atoms with Crippen LogP contribution in [0.15, 0.2) is 57.9 Å². The summed E-state index contributed by atoms with van der Waals surface area (Å²) >= 11 is 0. The molecule has 1 aliphatic heterocycles. The van der Waals surface area contributed by atoms with Crippen LogP contribution in [0.3, 0.4) is 0 Å². The van der Waals surface area contributed by atoms with Crippen molar-refractivity contribution in [1.29, 1.82) is 0 Å². The minimum atomic E-state index is -1.01. The van der Waals surface area contributed by atoms with Crippen LogP contribution in [0.4, 0.5) is 0 Å². The predicted molar refractivity (Wildman–Crippen MR) is 107 cm³/mol. The van der Waals surface area contributed by atoms with Crippen molar-refractivity contribution in [3.05, 3.63) is 70.3 Å². The van der Waals surface area contributed by atoms with E-state index in [0.717, 1.165) is 10.9 Å². The fourth-order valence-corrected chi connectivity index (χ4v) is 3.49. The molecule has 1 aliphatic rings. The third kappa shape index (κ3) is 4.14. The van der Waals surface area contributed by atoms with Gasteiger partial charge in [-0.3, -0.25) is 9.78 Å². The van der Waals surface area contributed by atoms with Crippen molar-refractivity contribution in [3.8, 4) is 5.75 Å². The third-order valence-corrected chi connectivity index (χ3v) is 5.29.